The SMILES string of the molecule is O=C(NCC1(c2ccccc2)CCOCC1)c1cn(CCN2CCOCC2)nn1. The third-order valence-corrected chi connectivity index (χ3v) is 5.94. The van der Waals surface area contributed by atoms with E-state index in [1.54, 1.807) is 10.9 Å². The summed E-state index contributed by atoms with van der Waals surface area (Å²) in [5.41, 5.74) is 1.52. The molecule has 2 saturated heterocycles. The number of rotatable bonds is 7. The molecule has 29 heavy (non-hydrogen) atoms. The lowest BCUT2D eigenvalue weighted by molar-refractivity contribution is 0.0359. The van der Waals surface area contributed by atoms with Crippen molar-refractivity contribution in [2.45, 2.75) is 24.8 Å². The molecule has 2 aliphatic heterocycles. The number of carbonyl (C=O) groups is 1. The molecular formula is C21H29N5O3. The fourth-order valence-corrected chi connectivity index (χ4v) is 4.04. The smallest absolute Gasteiger partial charge is 0.273 e. The Balaban J connectivity index is 1.34. The highest BCUT2D eigenvalue weighted by Gasteiger charge is 2.35. The Morgan fingerprint density at radius 2 is 1.76 bits per heavy atom. The monoisotopic (exact) mass is 399 g/mol. The zero-order valence-electron chi connectivity index (χ0n) is 16.8. The van der Waals surface area contributed by atoms with E-state index in [4.69, 9.17) is 9.47 Å². The predicted molar refractivity (Wildman–Crippen MR) is 108 cm³/mol. The summed E-state index contributed by atoms with van der Waals surface area (Å²) in [5, 5.41) is 11.3. The van der Waals surface area contributed by atoms with Gasteiger partial charge in [-0.1, -0.05) is 35.5 Å². The van der Waals surface area contributed by atoms with E-state index in [9.17, 15) is 4.79 Å². The molecule has 1 amide bonds. The van der Waals surface area contributed by atoms with Crippen molar-refractivity contribution in [2.24, 2.45) is 0 Å². The molecule has 1 aromatic carbocycles. The average molecular weight is 399 g/mol. The van der Waals surface area contributed by atoms with Crippen LogP contribution >= 0.6 is 0 Å². The van der Waals surface area contributed by atoms with Gasteiger partial charge in [-0.2, -0.15) is 0 Å². The van der Waals surface area contributed by atoms with E-state index in [0.717, 1.165) is 45.7 Å². The van der Waals surface area contributed by atoms with Gasteiger partial charge in [-0.15, -0.1) is 5.10 Å². The normalized spacial score (nSPS) is 19.7. The second-order valence-electron chi connectivity index (χ2n) is 7.76. The molecule has 0 atom stereocenters. The van der Waals surface area contributed by atoms with Crippen LogP contribution in [0.4, 0.5) is 0 Å². The summed E-state index contributed by atoms with van der Waals surface area (Å²) in [7, 11) is 0. The second kappa shape index (κ2) is 9.47. The van der Waals surface area contributed by atoms with Crippen LogP contribution < -0.4 is 5.32 Å². The molecule has 4 rings (SSSR count). The third kappa shape index (κ3) is 5.01. The largest absolute Gasteiger partial charge is 0.381 e. The van der Waals surface area contributed by atoms with Crippen LogP contribution in [0.5, 0.6) is 0 Å². The Hall–Kier alpha value is -2.29. The number of ether oxygens (including phenoxy) is 2. The second-order valence-corrected chi connectivity index (χ2v) is 7.76. The van der Waals surface area contributed by atoms with Crippen LogP contribution in [-0.2, 0) is 21.4 Å². The van der Waals surface area contributed by atoms with E-state index < -0.39 is 0 Å². The third-order valence-electron chi connectivity index (χ3n) is 5.94. The number of morpholine rings is 1. The Kier molecular flexibility index (Phi) is 6.53. The van der Waals surface area contributed by atoms with E-state index in [1.165, 1.54) is 5.56 Å². The molecule has 2 aromatic rings. The molecule has 1 aromatic heterocycles. The summed E-state index contributed by atoms with van der Waals surface area (Å²) in [6.07, 6.45) is 3.52. The maximum atomic E-state index is 12.7. The van der Waals surface area contributed by atoms with Gasteiger partial charge >= 0.3 is 0 Å². The van der Waals surface area contributed by atoms with E-state index in [0.29, 0.717) is 32.0 Å². The Morgan fingerprint density at radius 1 is 1.03 bits per heavy atom. The highest BCUT2D eigenvalue weighted by molar-refractivity contribution is 5.91. The highest BCUT2D eigenvalue weighted by atomic mass is 16.5. The van der Waals surface area contributed by atoms with Crippen LogP contribution in [0.2, 0.25) is 0 Å². The lowest BCUT2D eigenvalue weighted by Gasteiger charge is -2.37. The van der Waals surface area contributed by atoms with Crippen LogP contribution in [0.1, 0.15) is 28.9 Å². The number of amides is 1. The lowest BCUT2D eigenvalue weighted by atomic mass is 9.74. The minimum absolute atomic E-state index is 0.0957. The fourth-order valence-electron chi connectivity index (χ4n) is 4.04. The van der Waals surface area contributed by atoms with Gasteiger partial charge in [0.2, 0.25) is 0 Å². The molecule has 0 bridgehead atoms. The van der Waals surface area contributed by atoms with Gasteiger partial charge in [0.1, 0.15) is 0 Å². The number of hydrogen-bond acceptors (Lipinski definition) is 6. The topological polar surface area (TPSA) is 81.5 Å². The van der Waals surface area contributed by atoms with Crippen molar-refractivity contribution in [3.63, 3.8) is 0 Å². The van der Waals surface area contributed by atoms with Gasteiger partial charge in [-0.25, -0.2) is 0 Å². The zero-order valence-corrected chi connectivity index (χ0v) is 16.8. The maximum absolute atomic E-state index is 12.7. The number of benzene rings is 1. The van der Waals surface area contributed by atoms with Crippen molar-refractivity contribution in [3.05, 3.63) is 47.8 Å². The van der Waals surface area contributed by atoms with Gasteiger partial charge < -0.3 is 14.8 Å². The first-order valence-electron chi connectivity index (χ1n) is 10.4. The number of hydrogen-bond donors (Lipinski definition) is 1. The van der Waals surface area contributed by atoms with Gasteiger partial charge in [0.05, 0.1) is 26.0 Å². The van der Waals surface area contributed by atoms with E-state index in [2.05, 4.69) is 44.8 Å². The van der Waals surface area contributed by atoms with E-state index in [1.807, 2.05) is 6.07 Å². The van der Waals surface area contributed by atoms with Gasteiger partial charge in [0.15, 0.2) is 5.69 Å². The Morgan fingerprint density at radius 3 is 2.52 bits per heavy atom. The first-order valence-corrected chi connectivity index (χ1v) is 10.4. The molecular weight excluding hydrogens is 370 g/mol. The standard InChI is InChI=1S/C21H29N5O3/c27-20(19-16-26(24-23-19)9-8-25-10-14-29-15-11-25)22-17-21(6-12-28-13-7-21)18-4-2-1-3-5-18/h1-5,16H,6-15,17H2,(H,22,27). The van der Waals surface area contributed by atoms with Crippen molar-refractivity contribution in [1.82, 2.24) is 25.2 Å². The summed E-state index contributed by atoms with van der Waals surface area (Å²) >= 11 is 0. The number of aromatic nitrogens is 3. The van der Waals surface area contributed by atoms with Crippen molar-refractivity contribution in [2.75, 3.05) is 52.6 Å². The van der Waals surface area contributed by atoms with Gasteiger partial charge in [0, 0.05) is 44.8 Å². The van der Waals surface area contributed by atoms with Crippen molar-refractivity contribution in [1.29, 1.82) is 0 Å². The molecule has 8 nitrogen and oxygen atoms in total. The Labute approximate surface area is 171 Å². The van der Waals surface area contributed by atoms with E-state index >= 15 is 0 Å². The number of nitrogens with zero attached hydrogens (tertiary/aromatic N) is 4. The lowest BCUT2D eigenvalue weighted by Crippen LogP contribution is -2.44. The molecule has 2 aliphatic rings. The van der Waals surface area contributed by atoms with Crippen molar-refractivity contribution < 1.29 is 14.3 Å². The summed E-state index contributed by atoms with van der Waals surface area (Å²) in [6, 6.07) is 10.4. The van der Waals surface area contributed by atoms with Gasteiger partial charge in [-0.3, -0.25) is 14.4 Å². The summed E-state index contributed by atoms with van der Waals surface area (Å²) in [6.45, 7) is 7.01. The molecule has 0 unspecified atom stereocenters. The molecule has 1 N–H and O–H groups in total. The van der Waals surface area contributed by atoms with Crippen molar-refractivity contribution >= 4 is 5.91 Å². The van der Waals surface area contributed by atoms with Crippen LogP contribution in [0.25, 0.3) is 0 Å². The summed E-state index contributed by atoms with van der Waals surface area (Å²) in [4.78, 5) is 15.0. The molecule has 0 radical (unpaired) electrons. The number of nitrogens with one attached hydrogen (secondary N) is 1. The minimum Gasteiger partial charge on any atom is -0.381 e. The number of carbonyl (C=O) groups excluding carboxylic acids is 1. The van der Waals surface area contributed by atoms with Crippen LogP contribution in [0.15, 0.2) is 36.5 Å². The van der Waals surface area contributed by atoms with Crippen LogP contribution in [0.3, 0.4) is 0 Å². The average Bonchev–Trinajstić information content (AvgIpc) is 3.27. The molecule has 0 saturated carbocycles. The minimum atomic E-state index is -0.176. The highest BCUT2D eigenvalue weighted by Crippen LogP contribution is 2.34. The maximum Gasteiger partial charge on any atom is 0.273 e. The molecule has 0 aliphatic carbocycles. The zero-order chi connectivity index (χ0) is 19.9. The summed E-state index contributed by atoms with van der Waals surface area (Å²) in [5.74, 6) is -0.176. The molecule has 8 heteroatoms. The molecule has 156 valence electrons. The van der Waals surface area contributed by atoms with Crippen LogP contribution in [0, 0.1) is 0 Å². The van der Waals surface area contributed by atoms with E-state index in [-0.39, 0.29) is 11.3 Å². The predicted octanol–water partition coefficient (Wildman–Crippen LogP) is 1.09. The first-order chi connectivity index (χ1) is 14.3. The fraction of sp³-hybridized carbons (Fsp3) is 0.571. The quantitative estimate of drug-likeness (QED) is 0.751. The molecule has 2 fully saturated rings. The molecule has 3 heterocycles. The van der Waals surface area contributed by atoms with Crippen LogP contribution in [-0.4, -0.2) is 78.4 Å². The Bertz CT molecular complexity index is 783. The van der Waals surface area contributed by atoms with Gasteiger partial charge in [-0.05, 0) is 18.4 Å². The van der Waals surface area contributed by atoms with Crippen molar-refractivity contribution in [3.8, 4) is 0 Å². The molecule has 0 spiro atoms. The van der Waals surface area contributed by atoms with Gasteiger partial charge in [0.25, 0.3) is 5.91 Å². The summed E-state index contributed by atoms with van der Waals surface area (Å²) < 4.78 is 12.7. The first kappa shape index (κ1) is 20.0.